The Balaban J connectivity index is 1.04. The van der Waals surface area contributed by atoms with Crippen molar-refractivity contribution in [2.75, 3.05) is 18.4 Å². The minimum Gasteiger partial charge on any atom is -0.436 e. The molecule has 2 fully saturated rings. The Kier molecular flexibility index (Phi) is 7.55. The van der Waals surface area contributed by atoms with E-state index in [2.05, 4.69) is 30.7 Å². The quantitative estimate of drug-likeness (QED) is 0.235. The number of rotatable bonds is 8. The van der Waals surface area contributed by atoms with Crippen LogP contribution in [0.1, 0.15) is 41.4 Å². The smallest absolute Gasteiger partial charge is 0.354 e. The first-order valence-electron chi connectivity index (χ1n) is 14.7. The average Bonchev–Trinajstić information content (AvgIpc) is 3.40. The van der Waals surface area contributed by atoms with Crippen LogP contribution < -0.4 is 5.32 Å². The van der Waals surface area contributed by atoms with Crippen molar-refractivity contribution in [1.82, 2.24) is 14.9 Å². The number of piperidine rings is 1. The van der Waals surface area contributed by atoms with Crippen LogP contribution in [0.4, 0.5) is 18.9 Å². The third-order valence-electron chi connectivity index (χ3n) is 8.32. The van der Waals surface area contributed by atoms with E-state index in [1.54, 1.807) is 35.2 Å². The number of hydrogen-bond donors (Lipinski definition) is 1. The molecule has 7 rings (SSSR count). The first-order valence-corrected chi connectivity index (χ1v) is 14.7. The van der Waals surface area contributed by atoms with E-state index in [1.165, 1.54) is 11.0 Å². The van der Waals surface area contributed by atoms with E-state index in [0.29, 0.717) is 48.3 Å². The molecule has 11 nitrogen and oxygen atoms in total. The van der Waals surface area contributed by atoms with Gasteiger partial charge in [0.25, 0.3) is 5.91 Å². The van der Waals surface area contributed by atoms with Gasteiger partial charge >= 0.3 is 12.6 Å². The normalized spacial score (nSPS) is 22.1. The number of nitrogens with zero attached hydrogens (tertiary/aromatic N) is 7. The maximum absolute atomic E-state index is 13.5. The summed E-state index contributed by atoms with van der Waals surface area (Å²) >= 11 is 0. The van der Waals surface area contributed by atoms with Crippen LogP contribution in [0.15, 0.2) is 86.7 Å². The molecule has 1 saturated carbocycles. The zero-order valence-electron chi connectivity index (χ0n) is 23.8. The zero-order valence-corrected chi connectivity index (χ0v) is 23.8. The number of pyridine rings is 1. The summed E-state index contributed by atoms with van der Waals surface area (Å²) in [5, 5.41) is 14.3. The lowest BCUT2D eigenvalue weighted by molar-refractivity contribution is -0.648. The molecule has 1 N–H and O–H groups in total. The number of nitrogens with one attached hydrogen (secondary N) is 1. The maximum Gasteiger partial charge on any atom is 0.354 e. The zero-order chi connectivity index (χ0) is 31.1. The average molecular weight is 618 g/mol. The van der Waals surface area contributed by atoms with Crippen LogP contribution in [-0.2, 0) is 4.79 Å². The highest BCUT2D eigenvalue weighted by Crippen LogP contribution is 2.37. The summed E-state index contributed by atoms with van der Waals surface area (Å²) in [4.78, 5) is 37.5. The molecular weight excluding hydrogens is 589 g/mol. The number of benzene rings is 2. The van der Waals surface area contributed by atoms with Gasteiger partial charge in [0, 0.05) is 42.0 Å². The lowest BCUT2D eigenvalue weighted by Crippen LogP contribution is -2.41. The third kappa shape index (κ3) is 5.91. The van der Waals surface area contributed by atoms with Crippen molar-refractivity contribution in [3.63, 3.8) is 0 Å². The second kappa shape index (κ2) is 11.8. The number of carbonyl (C=O) groups is 2. The molecule has 4 atom stereocenters. The fraction of sp³-hybridized carbons (Fsp3) is 0.355. The molecule has 14 heteroatoms. The lowest BCUT2D eigenvalue weighted by Gasteiger charge is -2.34. The second-order valence-electron chi connectivity index (χ2n) is 11.4. The number of alkyl halides is 3. The maximum atomic E-state index is 13.5. The van der Waals surface area contributed by atoms with Gasteiger partial charge in [0.05, 0.1) is 11.0 Å². The highest BCUT2D eigenvalue weighted by Gasteiger charge is 2.44. The van der Waals surface area contributed by atoms with Crippen molar-refractivity contribution in [2.24, 2.45) is 27.3 Å². The van der Waals surface area contributed by atoms with Crippen LogP contribution in [0.3, 0.4) is 0 Å². The number of carbonyl (C=O) groups excluding carboxylic acids is 2. The van der Waals surface area contributed by atoms with Crippen LogP contribution in [0.25, 0.3) is 22.6 Å². The molecule has 230 valence electrons. The molecule has 2 aromatic heterocycles. The fourth-order valence-electron chi connectivity index (χ4n) is 5.81. The summed E-state index contributed by atoms with van der Waals surface area (Å²) in [6, 6.07) is 17.4. The minimum atomic E-state index is -2.74. The molecule has 1 aliphatic carbocycles. The van der Waals surface area contributed by atoms with Gasteiger partial charge in [-0.3, -0.25) is 14.6 Å². The summed E-state index contributed by atoms with van der Waals surface area (Å²) in [5.41, 5.74) is 3.15. The molecule has 2 unspecified atom stereocenters. The topological polar surface area (TPSA) is 128 Å². The summed E-state index contributed by atoms with van der Waals surface area (Å²) in [7, 11) is 0. The molecule has 4 aromatic rings. The van der Waals surface area contributed by atoms with E-state index in [9.17, 15) is 22.8 Å². The Morgan fingerprint density at radius 3 is 2.53 bits per heavy atom. The number of fused-ring (bicyclic) bond motifs is 1. The summed E-state index contributed by atoms with van der Waals surface area (Å²) in [6.07, 6.45) is -2.39. The van der Waals surface area contributed by atoms with Crippen LogP contribution in [0.5, 0.6) is 0 Å². The minimum absolute atomic E-state index is 0.00744. The lowest BCUT2D eigenvalue weighted by atomic mass is 9.85. The molecule has 2 amide bonds. The Morgan fingerprint density at radius 1 is 1.04 bits per heavy atom. The molecule has 45 heavy (non-hydrogen) atoms. The molecule has 0 spiro atoms. The molecule has 3 aliphatic rings. The van der Waals surface area contributed by atoms with Crippen LogP contribution >= 0.6 is 0 Å². The Labute approximate surface area is 254 Å². The summed E-state index contributed by atoms with van der Waals surface area (Å²) in [5.74, 6) is -0.940. The molecule has 2 aromatic carbocycles. The number of halogens is 3. The molecule has 4 heterocycles. The number of anilines is 1. The van der Waals surface area contributed by atoms with Gasteiger partial charge < -0.3 is 14.6 Å². The SMILES string of the molecule is O=C(Nc1ccc2oc(-c3ccnc(C(=O)N4CCC(C(c5ccccc5)[N+]5=NC(C(F)F)N=N5)CC4)c3)nc2c1)[C@@H]1C[C@@H]1F. The van der Waals surface area contributed by atoms with Gasteiger partial charge in [0.2, 0.25) is 11.8 Å². The highest BCUT2D eigenvalue weighted by atomic mass is 19.3. The van der Waals surface area contributed by atoms with E-state index in [1.807, 2.05) is 30.3 Å². The van der Waals surface area contributed by atoms with E-state index in [0.717, 1.165) is 5.56 Å². The molecule has 2 aliphatic heterocycles. The van der Waals surface area contributed by atoms with Crippen molar-refractivity contribution in [2.45, 2.75) is 44.1 Å². The van der Waals surface area contributed by atoms with Crippen molar-refractivity contribution in [3.8, 4) is 11.5 Å². The molecule has 0 radical (unpaired) electrons. The van der Waals surface area contributed by atoms with Gasteiger partial charge in [-0.25, -0.2) is 18.2 Å². The first-order chi connectivity index (χ1) is 21.8. The molecule has 1 saturated heterocycles. The molecule has 0 bridgehead atoms. The van der Waals surface area contributed by atoms with Gasteiger partial charge in [-0.15, -0.1) is 0 Å². The monoisotopic (exact) mass is 617 g/mol. The fourth-order valence-corrected chi connectivity index (χ4v) is 5.81. The van der Waals surface area contributed by atoms with E-state index in [4.69, 9.17) is 4.42 Å². The van der Waals surface area contributed by atoms with Gasteiger partial charge in [0.15, 0.2) is 16.8 Å². The molecular formula is C31H28F3N8O3+. The highest BCUT2D eigenvalue weighted by molar-refractivity contribution is 5.96. The summed E-state index contributed by atoms with van der Waals surface area (Å²) < 4.78 is 45.6. The largest absolute Gasteiger partial charge is 0.436 e. The van der Waals surface area contributed by atoms with Crippen LogP contribution in [0, 0.1) is 11.8 Å². The van der Waals surface area contributed by atoms with Crippen molar-refractivity contribution in [1.29, 1.82) is 0 Å². The van der Waals surface area contributed by atoms with Crippen molar-refractivity contribution >= 4 is 28.6 Å². The Hall–Kier alpha value is -5.01. The van der Waals surface area contributed by atoms with Gasteiger partial charge in [-0.05, 0) is 59.5 Å². The van der Waals surface area contributed by atoms with E-state index in [-0.39, 0.29) is 41.8 Å². The van der Waals surface area contributed by atoms with Crippen molar-refractivity contribution in [3.05, 3.63) is 78.1 Å². The van der Waals surface area contributed by atoms with Gasteiger partial charge in [0.1, 0.15) is 17.4 Å². The second-order valence-corrected chi connectivity index (χ2v) is 11.4. The predicted molar refractivity (Wildman–Crippen MR) is 154 cm³/mol. The van der Waals surface area contributed by atoms with E-state index >= 15 is 0 Å². The number of oxazole rings is 1. The number of azo groups is 1. The van der Waals surface area contributed by atoms with Crippen LogP contribution in [-0.4, -0.2) is 63.3 Å². The summed E-state index contributed by atoms with van der Waals surface area (Å²) in [6.45, 7) is 0.868. The standard InChI is InChI=1S/C31H27F3N8O3/c32-22-16-21(22)29(43)36-20-6-7-25-23(15-20)37-30(45-25)19-8-11-35-24(14-19)31(44)41-12-9-18(10-13-41)26(17-4-2-1-3-5-17)42-39-28(27(33)34)38-40-42/h1-8,11,14-15,18,21-22,26-28H,9-10,12-13,16H2/p+1/t21-,22+,26?,28?/m1/s1. The van der Waals surface area contributed by atoms with Gasteiger partial charge in [-0.1, -0.05) is 30.3 Å². The van der Waals surface area contributed by atoms with E-state index < -0.39 is 24.7 Å². The first kappa shape index (κ1) is 28.7. The number of amides is 2. The Morgan fingerprint density at radius 2 is 1.82 bits per heavy atom. The number of likely N-dealkylation sites (tertiary alicyclic amines) is 1. The third-order valence-corrected chi connectivity index (χ3v) is 8.32. The van der Waals surface area contributed by atoms with Crippen molar-refractivity contribution < 1.29 is 32.0 Å². The van der Waals surface area contributed by atoms with Crippen LogP contribution in [0.2, 0.25) is 0 Å². The van der Waals surface area contributed by atoms with Gasteiger partial charge in [-0.2, -0.15) is 0 Å². The number of hydrogen-bond acceptors (Lipinski definition) is 8. The Bertz CT molecular complexity index is 1810. The number of aromatic nitrogens is 2. The predicted octanol–water partition coefficient (Wildman–Crippen LogP) is 6.22.